The van der Waals surface area contributed by atoms with E-state index in [1.807, 2.05) is 0 Å². The van der Waals surface area contributed by atoms with Gasteiger partial charge in [-0.15, -0.1) is 0 Å². The first-order valence-corrected chi connectivity index (χ1v) is 6.25. The molecule has 1 aromatic carbocycles. The number of nitrogen functional groups attached to an aromatic ring is 2. The van der Waals surface area contributed by atoms with E-state index in [2.05, 4.69) is 16.8 Å². The minimum absolute atomic E-state index is 0.482. The Morgan fingerprint density at radius 1 is 1.17 bits per heavy atom. The highest BCUT2D eigenvalue weighted by Gasteiger charge is 2.17. The zero-order chi connectivity index (χ0) is 13.1. The molecule has 1 aromatic rings. The van der Waals surface area contributed by atoms with Crippen molar-refractivity contribution in [3.63, 3.8) is 0 Å². The molecule has 0 atom stereocenters. The molecule has 0 spiro atoms. The van der Waals surface area contributed by atoms with E-state index in [1.54, 1.807) is 18.2 Å². The number of rotatable bonds is 1. The Kier molecular flexibility index (Phi) is 3.72. The number of likely N-dealkylation sites (N-methyl/N-ethyl adjacent to an activating group) is 1. The molecule has 1 heterocycles. The minimum atomic E-state index is 0.482. The average Bonchev–Trinajstić information content (AvgIpc) is 2.56. The topological polar surface area (TPSA) is 82.4 Å². The maximum atomic E-state index is 8.30. The predicted molar refractivity (Wildman–Crippen MR) is 75.8 cm³/mol. The summed E-state index contributed by atoms with van der Waals surface area (Å²) in [5.41, 5.74) is 13.7. The molecular weight excluding hydrogens is 226 g/mol. The Bertz CT molecular complexity index is 443. The fourth-order valence-electron chi connectivity index (χ4n) is 2.22. The summed E-state index contributed by atoms with van der Waals surface area (Å²) in [5, 5.41) is 8.30. The van der Waals surface area contributed by atoms with Crippen LogP contribution in [-0.4, -0.2) is 48.9 Å². The van der Waals surface area contributed by atoms with Crippen molar-refractivity contribution < 1.29 is 0 Å². The van der Waals surface area contributed by atoms with Gasteiger partial charge in [0.2, 0.25) is 0 Å². The fourth-order valence-corrected chi connectivity index (χ4v) is 2.22. The number of hydrogen-bond acceptors (Lipinski definition) is 4. The highest BCUT2D eigenvalue weighted by molar-refractivity contribution is 6.01. The average molecular weight is 247 g/mol. The third kappa shape index (κ3) is 2.73. The monoisotopic (exact) mass is 247 g/mol. The fraction of sp³-hybridized carbons (Fsp3) is 0.462. The van der Waals surface area contributed by atoms with E-state index >= 15 is 0 Å². The molecule has 2 rings (SSSR count). The van der Waals surface area contributed by atoms with Crippen molar-refractivity contribution in [2.24, 2.45) is 0 Å². The van der Waals surface area contributed by atoms with Gasteiger partial charge in [-0.25, -0.2) is 0 Å². The number of nitrogens with zero attached hydrogens (tertiary/aromatic N) is 2. The van der Waals surface area contributed by atoms with E-state index in [4.69, 9.17) is 16.9 Å². The molecule has 0 amide bonds. The van der Waals surface area contributed by atoms with Crippen LogP contribution in [0.2, 0.25) is 0 Å². The largest absolute Gasteiger partial charge is 0.399 e. The van der Waals surface area contributed by atoms with Gasteiger partial charge in [0.05, 0.1) is 0 Å². The van der Waals surface area contributed by atoms with E-state index in [1.165, 1.54) is 0 Å². The van der Waals surface area contributed by atoms with Crippen LogP contribution >= 0.6 is 0 Å². The SMILES string of the molecule is CN1CCCN(C(=N)c2cc(N)ccc2N)CC1. The first-order valence-electron chi connectivity index (χ1n) is 6.25. The summed E-state index contributed by atoms with van der Waals surface area (Å²) in [4.78, 5) is 4.37. The van der Waals surface area contributed by atoms with Crippen molar-refractivity contribution in [1.82, 2.24) is 9.80 Å². The molecule has 18 heavy (non-hydrogen) atoms. The maximum Gasteiger partial charge on any atom is 0.130 e. The van der Waals surface area contributed by atoms with Crippen LogP contribution in [0.3, 0.4) is 0 Å². The highest BCUT2D eigenvalue weighted by atomic mass is 15.2. The van der Waals surface area contributed by atoms with Crippen molar-refractivity contribution in [2.75, 3.05) is 44.7 Å². The molecule has 5 N–H and O–H groups in total. The molecule has 1 aliphatic heterocycles. The van der Waals surface area contributed by atoms with Crippen LogP contribution in [0.5, 0.6) is 0 Å². The molecule has 0 unspecified atom stereocenters. The van der Waals surface area contributed by atoms with Gasteiger partial charge >= 0.3 is 0 Å². The zero-order valence-corrected chi connectivity index (χ0v) is 10.8. The lowest BCUT2D eigenvalue weighted by Crippen LogP contribution is -2.35. The normalized spacial score (nSPS) is 17.5. The van der Waals surface area contributed by atoms with Gasteiger partial charge in [-0.3, -0.25) is 5.41 Å². The molecule has 1 fully saturated rings. The third-order valence-corrected chi connectivity index (χ3v) is 3.37. The summed E-state index contributed by atoms with van der Waals surface area (Å²) in [6.45, 7) is 3.82. The smallest absolute Gasteiger partial charge is 0.130 e. The molecular formula is C13H21N5. The van der Waals surface area contributed by atoms with E-state index < -0.39 is 0 Å². The predicted octanol–water partition coefficient (Wildman–Crippen LogP) is 0.814. The minimum Gasteiger partial charge on any atom is -0.399 e. The van der Waals surface area contributed by atoms with Crippen LogP contribution in [-0.2, 0) is 0 Å². The van der Waals surface area contributed by atoms with Gasteiger partial charge < -0.3 is 21.3 Å². The van der Waals surface area contributed by atoms with Crippen molar-refractivity contribution in [3.05, 3.63) is 23.8 Å². The number of benzene rings is 1. The Hall–Kier alpha value is -1.75. The van der Waals surface area contributed by atoms with Gasteiger partial charge in [0, 0.05) is 36.6 Å². The molecule has 5 heteroatoms. The lowest BCUT2D eigenvalue weighted by Gasteiger charge is -2.24. The van der Waals surface area contributed by atoms with E-state index in [0.717, 1.165) is 38.2 Å². The number of nitrogens with one attached hydrogen (secondary N) is 1. The first kappa shape index (κ1) is 12.7. The molecule has 0 aromatic heterocycles. The number of nitrogens with two attached hydrogens (primary N) is 2. The first-order chi connectivity index (χ1) is 8.58. The van der Waals surface area contributed by atoms with Crippen LogP contribution in [0.15, 0.2) is 18.2 Å². The highest BCUT2D eigenvalue weighted by Crippen LogP contribution is 2.18. The molecule has 1 saturated heterocycles. The molecule has 0 bridgehead atoms. The zero-order valence-electron chi connectivity index (χ0n) is 10.8. The van der Waals surface area contributed by atoms with Gasteiger partial charge in [-0.1, -0.05) is 0 Å². The number of hydrogen-bond donors (Lipinski definition) is 3. The lowest BCUT2D eigenvalue weighted by molar-refractivity contribution is 0.346. The Balaban J connectivity index is 2.17. The Labute approximate surface area is 108 Å². The van der Waals surface area contributed by atoms with Crippen LogP contribution < -0.4 is 11.5 Å². The van der Waals surface area contributed by atoms with E-state index in [-0.39, 0.29) is 0 Å². The Morgan fingerprint density at radius 3 is 2.72 bits per heavy atom. The molecule has 0 radical (unpaired) electrons. The number of amidine groups is 1. The van der Waals surface area contributed by atoms with Crippen LogP contribution in [0.25, 0.3) is 0 Å². The molecule has 0 aliphatic carbocycles. The van der Waals surface area contributed by atoms with Gasteiger partial charge in [0.25, 0.3) is 0 Å². The summed E-state index contributed by atoms with van der Waals surface area (Å²) >= 11 is 0. The van der Waals surface area contributed by atoms with Crippen LogP contribution in [0, 0.1) is 5.41 Å². The second-order valence-corrected chi connectivity index (χ2v) is 4.84. The Morgan fingerprint density at radius 2 is 1.94 bits per heavy atom. The lowest BCUT2D eigenvalue weighted by atomic mass is 10.1. The number of anilines is 2. The van der Waals surface area contributed by atoms with Gasteiger partial charge in [-0.2, -0.15) is 0 Å². The standard InChI is InChI=1S/C13H21N5/c1-17-5-2-6-18(8-7-17)13(16)11-9-10(14)3-4-12(11)15/h3-4,9,16H,2,5-8,14-15H2,1H3. The van der Waals surface area contributed by atoms with Gasteiger partial charge in [-0.05, 0) is 38.2 Å². The van der Waals surface area contributed by atoms with Crippen LogP contribution in [0.1, 0.15) is 12.0 Å². The van der Waals surface area contributed by atoms with Crippen LogP contribution in [0.4, 0.5) is 11.4 Å². The van der Waals surface area contributed by atoms with Crippen molar-refractivity contribution in [3.8, 4) is 0 Å². The summed E-state index contributed by atoms with van der Waals surface area (Å²) in [6, 6.07) is 5.32. The quantitative estimate of drug-likeness (QED) is 0.390. The maximum absolute atomic E-state index is 8.30. The van der Waals surface area contributed by atoms with Crippen molar-refractivity contribution >= 4 is 17.2 Å². The molecule has 0 saturated carbocycles. The summed E-state index contributed by atoms with van der Waals surface area (Å²) < 4.78 is 0. The second-order valence-electron chi connectivity index (χ2n) is 4.84. The van der Waals surface area contributed by atoms with E-state index in [9.17, 15) is 0 Å². The summed E-state index contributed by atoms with van der Waals surface area (Å²) in [7, 11) is 2.11. The third-order valence-electron chi connectivity index (χ3n) is 3.37. The van der Waals surface area contributed by atoms with Crippen molar-refractivity contribution in [2.45, 2.75) is 6.42 Å². The molecule has 1 aliphatic rings. The van der Waals surface area contributed by atoms with Crippen molar-refractivity contribution in [1.29, 1.82) is 5.41 Å². The summed E-state index contributed by atoms with van der Waals surface area (Å²) in [6.07, 6.45) is 1.07. The summed E-state index contributed by atoms with van der Waals surface area (Å²) in [5.74, 6) is 0.482. The molecule has 98 valence electrons. The van der Waals surface area contributed by atoms with E-state index in [0.29, 0.717) is 17.2 Å². The van der Waals surface area contributed by atoms with Gasteiger partial charge in [0.15, 0.2) is 0 Å². The van der Waals surface area contributed by atoms with Gasteiger partial charge in [0.1, 0.15) is 5.84 Å². The second kappa shape index (κ2) is 5.27. The molecule has 5 nitrogen and oxygen atoms in total.